The zero-order valence-corrected chi connectivity index (χ0v) is 7.55. The third kappa shape index (κ3) is 1.97. The summed E-state index contributed by atoms with van der Waals surface area (Å²) in [6.07, 6.45) is -4.69. The van der Waals surface area contributed by atoms with E-state index in [0.29, 0.717) is 0 Å². The summed E-state index contributed by atoms with van der Waals surface area (Å²) in [5.74, 6) is 0. The minimum absolute atomic E-state index is 0.0502. The van der Waals surface area contributed by atoms with Gasteiger partial charge < -0.3 is 0 Å². The first-order valence-corrected chi connectivity index (χ1v) is 3.75. The molecule has 0 saturated heterocycles. The molecule has 1 heterocycles. The lowest BCUT2D eigenvalue weighted by Crippen LogP contribution is -2.07. The van der Waals surface area contributed by atoms with E-state index in [4.69, 9.17) is 2.74 Å². The Balaban J connectivity index is 3.49. The fourth-order valence-corrected chi connectivity index (χ4v) is 0.825. The normalized spacial score (nSPS) is 14.1. The molecule has 0 aliphatic rings. The third-order valence-corrected chi connectivity index (χ3v) is 1.93. The minimum atomic E-state index is -4.69. The van der Waals surface area contributed by atoms with Crippen LogP contribution < -0.4 is 0 Å². The van der Waals surface area contributed by atoms with Gasteiger partial charge in [-0.15, -0.1) is 0 Å². The molecule has 0 aliphatic heterocycles. The van der Waals surface area contributed by atoms with Crippen LogP contribution >= 0.6 is 15.9 Å². The van der Waals surface area contributed by atoms with Crippen molar-refractivity contribution in [2.75, 3.05) is 0 Å². The van der Waals surface area contributed by atoms with Crippen LogP contribution in [0.1, 0.15) is 14.0 Å². The van der Waals surface area contributed by atoms with Crippen molar-refractivity contribution in [2.45, 2.75) is 13.1 Å². The number of hydrogen-bond donors (Lipinski definition) is 0. The monoisotopic (exact) mass is 241 g/mol. The van der Waals surface area contributed by atoms with Crippen molar-refractivity contribution in [3.8, 4) is 0 Å². The Morgan fingerprint density at radius 2 is 2.08 bits per heavy atom. The number of pyridine rings is 1. The largest absolute Gasteiger partial charge is 0.433 e. The van der Waals surface area contributed by atoms with E-state index in [0.717, 1.165) is 0 Å². The van der Waals surface area contributed by atoms with Crippen molar-refractivity contribution < 1.29 is 15.9 Å². The summed E-state index contributed by atoms with van der Waals surface area (Å²) in [6.45, 7) is 1.43. The van der Waals surface area contributed by atoms with Crippen LogP contribution in [-0.4, -0.2) is 4.98 Å². The van der Waals surface area contributed by atoms with Gasteiger partial charge in [-0.3, -0.25) is 0 Å². The first kappa shape index (κ1) is 6.88. The van der Waals surface area contributed by atoms with Crippen molar-refractivity contribution in [1.29, 1.82) is 0 Å². The van der Waals surface area contributed by atoms with Crippen molar-refractivity contribution in [3.63, 3.8) is 0 Å². The lowest BCUT2D eigenvalue weighted by Gasteiger charge is -2.06. The second kappa shape index (κ2) is 3.05. The van der Waals surface area contributed by atoms with Gasteiger partial charge in [0.2, 0.25) is 0 Å². The maximum absolute atomic E-state index is 12.3. The zero-order chi connectivity index (χ0) is 11.1. The molecule has 12 heavy (non-hydrogen) atoms. The molecular weight excluding hydrogens is 235 g/mol. The Morgan fingerprint density at radius 3 is 2.58 bits per heavy atom. The number of aromatic nitrogens is 1. The molecule has 0 saturated carbocycles. The maximum Gasteiger partial charge on any atom is 0.433 e. The highest BCUT2D eigenvalue weighted by molar-refractivity contribution is 9.10. The van der Waals surface area contributed by atoms with E-state index >= 15 is 0 Å². The fourth-order valence-electron chi connectivity index (χ4n) is 0.549. The Hall–Kier alpha value is -0.580. The van der Waals surface area contributed by atoms with Gasteiger partial charge in [-0.25, -0.2) is 4.98 Å². The lowest BCUT2D eigenvalue weighted by atomic mass is 10.3. The summed E-state index contributed by atoms with van der Waals surface area (Å²) in [6, 6.07) is -1.35. The topological polar surface area (TPSA) is 12.9 Å². The van der Waals surface area contributed by atoms with E-state index in [1.807, 2.05) is 0 Å². The van der Waals surface area contributed by atoms with Crippen LogP contribution in [0.2, 0.25) is 0 Å². The molecule has 0 N–H and O–H groups in total. The SMILES string of the molecule is [2H]c1c(C(F)(F)F)nc(Br)c(C)c1[2H]. The molecule has 5 heteroatoms. The van der Waals surface area contributed by atoms with E-state index in [2.05, 4.69) is 20.9 Å². The van der Waals surface area contributed by atoms with E-state index < -0.39 is 24.0 Å². The zero-order valence-electron chi connectivity index (χ0n) is 7.96. The molecule has 0 spiro atoms. The van der Waals surface area contributed by atoms with Gasteiger partial charge in [-0.2, -0.15) is 13.2 Å². The van der Waals surface area contributed by atoms with Crippen molar-refractivity contribution >= 4 is 15.9 Å². The Labute approximate surface area is 78.6 Å². The summed E-state index contributed by atoms with van der Waals surface area (Å²) in [5, 5.41) is 0. The van der Waals surface area contributed by atoms with Gasteiger partial charge >= 0.3 is 6.18 Å². The van der Waals surface area contributed by atoms with E-state index in [1.54, 1.807) is 0 Å². The molecule has 0 atom stereocenters. The summed E-state index contributed by atoms with van der Waals surface area (Å²) < 4.78 is 51.1. The second-order valence-electron chi connectivity index (χ2n) is 2.12. The van der Waals surface area contributed by atoms with Gasteiger partial charge in [0.05, 0.1) is 2.74 Å². The standard InChI is InChI=1S/C7H5BrF3N/c1-4-2-3-5(7(9,10)11)12-6(4)8/h2-3H,1H3/i2D,3D. The highest BCUT2D eigenvalue weighted by Gasteiger charge is 2.32. The molecule has 0 fully saturated rings. The van der Waals surface area contributed by atoms with E-state index in [9.17, 15) is 13.2 Å². The maximum atomic E-state index is 12.3. The molecule has 1 aromatic rings. The van der Waals surface area contributed by atoms with Crippen LogP contribution in [0.3, 0.4) is 0 Å². The van der Waals surface area contributed by atoms with E-state index in [-0.39, 0.29) is 10.2 Å². The highest BCUT2D eigenvalue weighted by atomic mass is 79.9. The fraction of sp³-hybridized carbons (Fsp3) is 0.286. The average Bonchev–Trinajstić information content (AvgIpc) is 2.06. The number of halogens is 4. The van der Waals surface area contributed by atoms with Gasteiger partial charge in [0.15, 0.2) is 0 Å². The van der Waals surface area contributed by atoms with Crippen LogP contribution in [0.25, 0.3) is 0 Å². The molecule has 0 bridgehead atoms. The Kier molecular flexibility index (Phi) is 1.75. The summed E-state index contributed by atoms with van der Waals surface area (Å²) in [4.78, 5) is 3.19. The molecule has 66 valence electrons. The van der Waals surface area contributed by atoms with E-state index in [1.165, 1.54) is 6.92 Å². The molecule has 0 radical (unpaired) electrons. The predicted octanol–water partition coefficient (Wildman–Crippen LogP) is 3.17. The van der Waals surface area contributed by atoms with Gasteiger partial charge in [0.1, 0.15) is 10.3 Å². The van der Waals surface area contributed by atoms with Gasteiger partial charge in [-0.05, 0) is 34.5 Å². The molecule has 0 amide bonds. The molecular formula is C7H5BrF3N. The van der Waals surface area contributed by atoms with Crippen LogP contribution in [0.5, 0.6) is 0 Å². The quantitative estimate of drug-likeness (QED) is 0.636. The molecule has 1 nitrogen and oxygen atoms in total. The predicted molar refractivity (Wildman–Crippen MR) is 41.7 cm³/mol. The number of alkyl halides is 3. The van der Waals surface area contributed by atoms with Gasteiger partial charge in [0.25, 0.3) is 0 Å². The molecule has 1 aromatic heterocycles. The third-order valence-electron chi connectivity index (χ3n) is 1.16. The second-order valence-corrected chi connectivity index (χ2v) is 2.88. The van der Waals surface area contributed by atoms with Crippen LogP contribution in [0, 0.1) is 6.92 Å². The highest BCUT2D eigenvalue weighted by Crippen LogP contribution is 2.29. The van der Waals surface area contributed by atoms with Gasteiger partial charge in [-0.1, -0.05) is 6.04 Å². The Morgan fingerprint density at radius 1 is 1.50 bits per heavy atom. The van der Waals surface area contributed by atoms with Crippen molar-refractivity contribution in [2.24, 2.45) is 0 Å². The molecule has 0 unspecified atom stereocenters. The molecule has 0 aromatic carbocycles. The number of hydrogen-bond acceptors (Lipinski definition) is 1. The lowest BCUT2D eigenvalue weighted by molar-refractivity contribution is -0.141. The summed E-state index contributed by atoms with van der Waals surface area (Å²) in [5.41, 5.74) is -1.11. The average molecular weight is 242 g/mol. The first-order chi connectivity index (χ1) is 6.25. The summed E-state index contributed by atoms with van der Waals surface area (Å²) >= 11 is 2.81. The van der Waals surface area contributed by atoms with Crippen molar-refractivity contribution in [1.82, 2.24) is 4.98 Å². The molecule has 1 rings (SSSR count). The van der Waals surface area contributed by atoms with Crippen LogP contribution in [-0.2, 0) is 6.18 Å². The van der Waals surface area contributed by atoms with Crippen molar-refractivity contribution in [3.05, 3.63) is 27.9 Å². The van der Waals surface area contributed by atoms with Crippen LogP contribution in [0.4, 0.5) is 13.2 Å². The summed E-state index contributed by atoms with van der Waals surface area (Å²) in [7, 11) is 0. The van der Waals surface area contributed by atoms with Gasteiger partial charge in [0, 0.05) is 0 Å². The number of rotatable bonds is 0. The van der Waals surface area contributed by atoms with Crippen LogP contribution in [0.15, 0.2) is 16.7 Å². The smallest absolute Gasteiger partial charge is 0.236 e. The number of nitrogens with zero attached hydrogens (tertiary/aromatic N) is 1. The molecule has 0 aliphatic carbocycles. The Bertz CT molecular complexity index is 378. The minimum Gasteiger partial charge on any atom is -0.236 e. The first-order valence-electron chi connectivity index (χ1n) is 3.95.